The third-order valence-electron chi connectivity index (χ3n) is 5.80. The Labute approximate surface area is 166 Å². The topological polar surface area (TPSA) is 52.7 Å². The second-order valence-corrected chi connectivity index (χ2v) is 7.77. The maximum atomic E-state index is 12.6. The molecule has 1 atom stereocenters. The highest BCUT2D eigenvalue weighted by atomic mass is 16.2. The fourth-order valence-electron chi connectivity index (χ4n) is 4.41. The molecule has 2 aliphatic heterocycles. The average Bonchev–Trinajstić information content (AvgIpc) is 3.29. The SMILES string of the molecule is CC(=O)N1CCc2cc(NC(=O)CN3CCCC3Cc3ccccc3)ccc21. The Morgan fingerprint density at radius 1 is 1.11 bits per heavy atom. The first-order chi connectivity index (χ1) is 13.6. The van der Waals surface area contributed by atoms with Gasteiger partial charge in [-0.25, -0.2) is 0 Å². The number of nitrogens with zero attached hydrogens (tertiary/aromatic N) is 2. The molecule has 0 aromatic heterocycles. The zero-order valence-electron chi connectivity index (χ0n) is 16.4. The van der Waals surface area contributed by atoms with Crippen molar-refractivity contribution >= 4 is 23.2 Å². The van der Waals surface area contributed by atoms with Gasteiger partial charge in [-0.15, -0.1) is 0 Å². The summed E-state index contributed by atoms with van der Waals surface area (Å²) in [4.78, 5) is 28.4. The summed E-state index contributed by atoms with van der Waals surface area (Å²) in [7, 11) is 0. The summed E-state index contributed by atoms with van der Waals surface area (Å²) >= 11 is 0. The van der Waals surface area contributed by atoms with Gasteiger partial charge in [-0.05, 0) is 61.6 Å². The van der Waals surface area contributed by atoms with Crippen molar-refractivity contribution in [3.05, 3.63) is 59.7 Å². The van der Waals surface area contributed by atoms with E-state index in [1.807, 2.05) is 24.3 Å². The van der Waals surface area contributed by atoms with E-state index in [4.69, 9.17) is 0 Å². The molecular formula is C23H27N3O2. The van der Waals surface area contributed by atoms with E-state index < -0.39 is 0 Å². The lowest BCUT2D eigenvalue weighted by Gasteiger charge is -2.24. The van der Waals surface area contributed by atoms with E-state index >= 15 is 0 Å². The van der Waals surface area contributed by atoms with E-state index in [0.717, 1.165) is 55.7 Å². The van der Waals surface area contributed by atoms with Crippen LogP contribution in [0.3, 0.4) is 0 Å². The Bertz CT molecular complexity index is 865. The number of fused-ring (bicyclic) bond motifs is 1. The third-order valence-corrected chi connectivity index (χ3v) is 5.80. The summed E-state index contributed by atoms with van der Waals surface area (Å²) in [5.41, 5.74) is 4.23. The van der Waals surface area contributed by atoms with Crippen molar-refractivity contribution in [3.63, 3.8) is 0 Å². The maximum absolute atomic E-state index is 12.6. The van der Waals surface area contributed by atoms with Crippen LogP contribution in [0, 0.1) is 0 Å². The number of anilines is 2. The van der Waals surface area contributed by atoms with Crippen LogP contribution in [0.1, 0.15) is 30.9 Å². The number of hydrogen-bond acceptors (Lipinski definition) is 3. The minimum Gasteiger partial charge on any atom is -0.325 e. The molecule has 1 N–H and O–H groups in total. The van der Waals surface area contributed by atoms with E-state index in [2.05, 4.69) is 34.5 Å². The van der Waals surface area contributed by atoms with Crippen molar-refractivity contribution in [2.75, 3.05) is 29.9 Å². The van der Waals surface area contributed by atoms with Gasteiger partial charge in [0, 0.05) is 30.9 Å². The molecule has 2 amide bonds. The van der Waals surface area contributed by atoms with E-state index in [-0.39, 0.29) is 11.8 Å². The van der Waals surface area contributed by atoms with Gasteiger partial charge in [0.15, 0.2) is 0 Å². The quantitative estimate of drug-likeness (QED) is 0.870. The molecule has 5 heteroatoms. The largest absolute Gasteiger partial charge is 0.325 e. The van der Waals surface area contributed by atoms with Gasteiger partial charge < -0.3 is 10.2 Å². The van der Waals surface area contributed by atoms with Crippen molar-refractivity contribution in [1.82, 2.24) is 4.90 Å². The number of rotatable bonds is 5. The number of carbonyl (C=O) groups is 2. The zero-order chi connectivity index (χ0) is 19.5. The van der Waals surface area contributed by atoms with Crippen molar-refractivity contribution in [2.45, 2.75) is 38.6 Å². The van der Waals surface area contributed by atoms with E-state index in [1.54, 1.807) is 11.8 Å². The minimum absolute atomic E-state index is 0.0290. The van der Waals surface area contributed by atoms with Gasteiger partial charge in [0.05, 0.1) is 6.54 Å². The highest BCUT2D eigenvalue weighted by Gasteiger charge is 2.27. The molecule has 28 heavy (non-hydrogen) atoms. The van der Waals surface area contributed by atoms with Gasteiger partial charge in [0.1, 0.15) is 0 Å². The van der Waals surface area contributed by atoms with Gasteiger partial charge in [0.25, 0.3) is 0 Å². The van der Waals surface area contributed by atoms with Gasteiger partial charge in [-0.2, -0.15) is 0 Å². The van der Waals surface area contributed by atoms with Crippen LogP contribution in [0.4, 0.5) is 11.4 Å². The van der Waals surface area contributed by atoms with E-state index in [0.29, 0.717) is 12.6 Å². The fourth-order valence-corrected chi connectivity index (χ4v) is 4.41. The molecule has 1 unspecified atom stereocenters. The molecule has 1 saturated heterocycles. The van der Waals surface area contributed by atoms with Crippen LogP contribution in [-0.2, 0) is 22.4 Å². The lowest BCUT2D eigenvalue weighted by atomic mass is 10.0. The molecule has 0 radical (unpaired) electrons. The average molecular weight is 377 g/mol. The second kappa shape index (κ2) is 8.15. The fraction of sp³-hybridized carbons (Fsp3) is 0.391. The van der Waals surface area contributed by atoms with Gasteiger partial charge in [-0.3, -0.25) is 14.5 Å². The molecular weight excluding hydrogens is 350 g/mol. The summed E-state index contributed by atoms with van der Waals surface area (Å²) in [5, 5.41) is 3.04. The number of hydrogen-bond donors (Lipinski definition) is 1. The first-order valence-corrected chi connectivity index (χ1v) is 10.1. The molecule has 4 rings (SSSR count). The normalized spacial score (nSPS) is 18.9. The van der Waals surface area contributed by atoms with Crippen LogP contribution in [0.15, 0.2) is 48.5 Å². The Balaban J connectivity index is 1.36. The molecule has 2 aromatic carbocycles. The molecule has 0 bridgehead atoms. The molecule has 0 aliphatic carbocycles. The smallest absolute Gasteiger partial charge is 0.238 e. The number of nitrogens with one attached hydrogen (secondary N) is 1. The number of amides is 2. The monoisotopic (exact) mass is 377 g/mol. The lowest BCUT2D eigenvalue weighted by molar-refractivity contribution is -0.118. The zero-order valence-corrected chi connectivity index (χ0v) is 16.4. The molecule has 1 fully saturated rings. The van der Waals surface area contributed by atoms with E-state index in [9.17, 15) is 9.59 Å². The van der Waals surface area contributed by atoms with Crippen molar-refractivity contribution in [3.8, 4) is 0 Å². The number of likely N-dealkylation sites (tertiary alicyclic amines) is 1. The third kappa shape index (κ3) is 4.09. The number of carbonyl (C=O) groups excluding carboxylic acids is 2. The van der Waals surface area contributed by atoms with Crippen molar-refractivity contribution in [1.29, 1.82) is 0 Å². The summed E-state index contributed by atoms with van der Waals surface area (Å²) in [5.74, 6) is 0.0929. The van der Waals surface area contributed by atoms with Crippen LogP contribution in [0.25, 0.3) is 0 Å². The first-order valence-electron chi connectivity index (χ1n) is 10.1. The highest BCUT2D eigenvalue weighted by molar-refractivity contribution is 5.96. The van der Waals surface area contributed by atoms with Crippen molar-refractivity contribution < 1.29 is 9.59 Å². The second-order valence-electron chi connectivity index (χ2n) is 7.77. The number of benzene rings is 2. The van der Waals surface area contributed by atoms with Crippen LogP contribution in [0.5, 0.6) is 0 Å². The van der Waals surface area contributed by atoms with Gasteiger partial charge in [0.2, 0.25) is 11.8 Å². The van der Waals surface area contributed by atoms with Gasteiger partial charge >= 0.3 is 0 Å². The predicted octanol–water partition coefficient (Wildman–Crippen LogP) is 3.24. The Kier molecular flexibility index (Phi) is 5.44. The van der Waals surface area contributed by atoms with Crippen molar-refractivity contribution in [2.24, 2.45) is 0 Å². The first kappa shape index (κ1) is 18.7. The lowest BCUT2D eigenvalue weighted by Crippen LogP contribution is -2.37. The molecule has 5 nitrogen and oxygen atoms in total. The maximum Gasteiger partial charge on any atom is 0.238 e. The Hall–Kier alpha value is -2.66. The molecule has 0 spiro atoms. The molecule has 0 saturated carbocycles. The molecule has 2 heterocycles. The summed E-state index contributed by atoms with van der Waals surface area (Å²) in [6.45, 7) is 3.71. The standard InChI is InChI=1S/C23H27N3O2/c1-17(27)26-13-11-19-15-20(9-10-22(19)26)24-23(28)16-25-12-5-8-21(25)14-18-6-3-2-4-7-18/h2-4,6-7,9-10,15,21H,5,8,11-14,16H2,1H3,(H,24,28). The summed E-state index contributed by atoms with van der Waals surface area (Å²) < 4.78 is 0. The van der Waals surface area contributed by atoms with Crippen LogP contribution >= 0.6 is 0 Å². The van der Waals surface area contributed by atoms with Crippen LogP contribution < -0.4 is 10.2 Å². The van der Waals surface area contributed by atoms with E-state index in [1.165, 1.54) is 5.56 Å². The Morgan fingerprint density at radius 2 is 1.93 bits per heavy atom. The summed E-state index contributed by atoms with van der Waals surface area (Å²) in [6, 6.07) is 16.8. The predicted molar refractivity (Wildman–Crippen MR) is 112 cm³/mol. The van der Waals surface area contributed by atoms with Crippen LogP contribution in [-0.4, -0.2) is 42.4 Å². The van der Waals surface area contributed by atoms with Crippen LogP contribution in [0.2, 0.25) is 0 Å². The molecule has 2 aliphatic rings. The minimum atomic E-state index is 0.0290. The Morgan fingerprint density at radius 3 is 2.71 bits per heavy atom. The van der Waals surface area contributed by atoms with Gasteiger partial charge in [-0.1, -0.05) is 30.3 Å². The molecule has 2 aromatic rings. The molecule has 146 valence electrons. The highest BCUT2D eigenvalue weighted by Crippen LogP contribution is 2.30. The summed E-state index contributed by atoms with van der Waals surface area (Å²) in [6.07, 6.45) is 4.12.